The number of likely N-dealkylation sites (N-methyl/N-ethyl adjacent to an activating group) is 2. The summed E-state index contributed by atoms with van der Waals surface area (Å²) in [7, 11) is 3.88. The molecule has 12 nitrogen and oxygen atoms in total. The van der Waals surface area contributed by atoms with Crippen LogP contribution in [-0.4, -0.2) is 76.4 Å². The summed E-state index contributed by atoms with van der Waals surface area (Å²) in [4.78, 5) is 54.0. The number of carbonyl (C=O) groups excluding carboxylic acids is 2. The fourth-order valence-corrected chi connectivity index (χ4v) is 8.01. The van der Waals surface area contributed by atoms with E-state index in [1.807, 2.05) is 84.6 Å². The van der Waals surface area contributed by atoms with Crippen molar-refractivity contribution in [3.63, 3.8) is 0 Å². The summed E-state index contributed by atoms with van der Waals surface area (Å²) < 4.78 is 10.6. The summed E-state index contributed by atoms with van der Waals surface area (Å²) in [5, 5.41) is 12.8. The number of H-pyrrole nitrogens is 1. The van der Waals surface area contributed by atoms with Crippen LogP contribution in [0, 0.1) is 0 Å². The van der Waals surface area contributed by atoms with E-state index in [0.29, 0.717) is 43.4 Å². The predicted molar refractivity (Wildman–Crippen MR) is 195 cm³/mol. The molecule has 258 valence electrons. The maximum Gasteiger partial charge on any atom is 0.307 e. The summed E-state index contributed by atoms with van der Waals surface area (Å²) in [6.45, 7) is 2.04. The molecule has 1 aliphatic rings. The molecule has 2 amide bonds. The van der Waals surface area contributed by atoms with Crippen molar-refractivity contribution in [2.75, 3.05) is 50.2 Å². The van der Waals surface area contributed by atoms with Crippen molar-refractivity contribution < 1.29 is 24.2 Å². The van der Waals surface area contributed by atoms with Crippen molar-refractivity contribution in [2.45, 2.75) is 17.1 Å². The Morgan fingerprint density at radius 3 is 1.82 bits per heavy atom. The van der Waals surface area contributed by atoms with Gasteiger partial charge in [-0.25, -0.2) is 9.97 Å². The van der Waals surface area contributed by atoms with Crippen molar-refractivity contribution in [3.8, 4) is 17.4 Å². The first-order chi connectivity index (χ1) is 24.2. The van der Waals surface area contributed by atoms with Crippen molar-refractivity contribution in [1.29, 1.82) is 0 Å². The van der Waals surface area contributed by atoms with Gasteiger partial charge in [0, 0.05) is 32.4 Å². The highest BCUT2D eigenvalue weighted by atomic mass is 32.2. The van der Waals surface area contributed by atoms with Gasteiger partial charge in [0.15, 0.2) is 0 Å². The van der Waals surface area contributed by atoms with Crippen LogP contribution in [0.15, 0.2) is 102 Å². The first-order valence-corrected chi connectivity index (χ1v) is 17.5. The summed E-state index contributed by atoms with van der Waals surface area (Å²) in [6, 6.07) is 25.9. The molecular formula is C36H36N6O6S2. The zero-order valence-electron chi connectivity index (χ0n) is 27.4. The molecule has 0 spiro atoms. The number of ether oxygens (including phenoxy) is 2. The molecule has 1 aliphatic heterocycles. The quantitative estimate of drug-likeness (QED) is 0.134. The zero-order valence-corrected chi connectivity index (χ0v) is 29.1. The van der Waals surface area contributed by atoms with Crippen LogP contribution >= 0.6 is 23.1 Å². The molecule has 0 radical (unpaired) electrons. The van der Waals surface area contributed by atoms with Gasteiger partial charge in [0.2, 0.25) is 11.8 Å². The average molecular weight is 713 g/mol. The number of aromatic amines is 1. The number of aromatic nitrogens is 3. The Bertz CT molecular complexity index is 1960. The molecule has 0 saturated carbocycles. The molecule has 50 heavy (non-hydrogen) atoms. The second kappa shape index (κ2) is 15.5. The van der Waals surface area contributed by atoms with Gasteiger partial charge >= 0.3 is 4.87 Å². The zero-order chi connectivity index (χ0) is 35.1. The summed E-state index contributed by atoms with van der Waals surface area (Å²) in [5.41, 5.74) is 1.40. The van der Waals surface area contributed by atoms with Gasteiger partial charge in [0.1, 0.15) is 41.1 Å². The van der Waals surface area contributed by atoms with Crippen LogP contribution in [0.5, 0.6) is 17.4 Å². The van der Waals surface area contributed by atoms with Gasteiger partial charge in [-0.05, 0) is 77.8 Å². The van der Waals surface area contributed by atoms with Gasteiger partial charge in [-0.15, -0.1) is 0 Å². The molecule has 0 bridgehead atoms. The molecule has 1 fully saturated rings. The normalized spacial score (nSPS) is 16.1. The molecule has 3 N–H and O–H groups in total. The highest BCUT2D eigenvalue weighted by Gasteiger charge is 2.55. The maximum atomic E-state index is 13.8. The minimum absolute atomic E-state index is 0.131. The number of nitrogens with zero attached hydrogens (tertiary/aromatic N) is 4. The summed E-state index contributed by atoms with van der Waals surface area (Å²) in [5.74, 6) is 1.23. The Morgan fingerprint density at radius 2 is 1.36 bits per heavy atom. The molecule has 5 aromatic rings. The number of pyridine rings is 2. The molecule has 2 atom stereocenters. The number of aromatic hydroxyl groups is 1. The van der Waals surface area contributed by atoms with E-state index in [4.69, 9.17) is 9.47 Å². The van der Waals surface area contributed by atoms with Crippen LogP contribution in [-0.2, 0) is 11.2 Å². The van der Waals surface area contributed by atoms with Gasteiger partial charge in [-0.3, -0.25) is 24.7 Å². The molecule has 2 aromatic carbocycles. The lowest BCUT2D eigenvalue weighted by atomic mass is 9.79. The Morgan fingerprint density at radius 1 is 0.800 bits per heavy atom. The molecular weight excluding hydrogens is 677 g/mol. The van der Waals surface area contributed by atoms with E-state index in [0.717, 1.165) is 40.3 Å². The lowest BCUT2D eigenvalue weighted by Crippen LogP contribution is -2.44. The molecule has 3 aromatic heterocycles. The van der Waals surface area contributed by atoms with Gasteiger partial charge in [-0.1, -0.05) is 47.7 Å². The van der Waals surface area contributed by atoms with Gasteiger partial charge in [0.05, 0.1) is 18.0 Å². The van der Waals surface area contributed by atoms with Crippen LogP contribution in [0.2, 0.25) is 0 Å². The average Bonchev–Trinajstić information content (AvgIpc) is 3.61. The first kappa shape index (κ1) is 34.5. The molecule has 0 aliphatic carbocycles. The standard InChI is InChI=1S/C36H36N6O6S2/c1-41(28-7-3-5-17-37-28)19-21-47-26-13-9-24(10-14-26)23-36(33(44)40-35(46)50-36)30(31-32(43)39-34(45)49-31)25-11-15-27(16-12-25)48-22-20-42(2)29-8-4-6-18-38-29/h3-18,30,43H,19-23H2,1-2H3,(H,39,45)(H,40,44,46). The second-order valence-corrected chi connectivity index (χ2v) is 14.0. The Balaban J connectivity index is 1.20. The number of hydrogen-bond donors (Lipinski definition) is 3. The molecule has 6 rings (SSSR count). The number of imide groups is 1. The van der Waals surface area contributed by atoms with Crippen LogP contribution in [0.3, 0.4) is 0 Å². The second-order valence-electron chi connectivity index (χ2n) is 11.7. The van der Waals surface area contributed by atoms with E-state index in [9.17, 15) is 19.5 Å². The number of thioether (sulfide) groups is 1. The third-order valence-corrected chi connectivity index (χ3v) is 10.5. The molecule has 4 heterocycles. The first-order valence-electron chi connectivity index (χ1n) is 15.9. The number of carbonyl (C=O) groups is 2. The van der Waals surface area contributed by atoms with Gasteiger partial charge in [0.25, 0.3) is 5.24 Å². The van der Waals surface area contributed by atoms with Crippen molar-refractivity contribution in [2.24, 2.45) is 0 Å². The Labute approximate surface area is 297 Å². The Hall–Kier alpha value is -5.34. The van der Waals surface area contributed by atoms with Crippen LogP contribution in [0.4, 0.5) is 16.4 Å². The number of nitrogens with one attached hydrogen (secondary N) is 2. The minimum atomic E-state index is -1.42. The number of benzene rings is 2. The molecule has 14 heteroatoms. The van der Waals surface area contributed by atoms with Crippen LogP contribution in [0.25, 0.3) is 0 Å². The van der Waals surface area contributed by atoms with Crippen molar-refractivity contribution in [1.82, 2.24) is 20.3 Å². The van der Waals surface area contributed by atoms with E-state index in [-0.39, 0.29) is 17.2 Å². The summed E-state index contributed by atoms with van der Waals surface area (Å²) >= 11 is 1.68. The number of amides is 2. The van der Waals surface area contributed by atoms with Gasteiger partial charge in [-0.2, -0.15) is 0 Å². The highest BCUT2D eigenvalue weighted by molar-refractivity contribution is 8.16. The number of rotatable bonds is 15. The van der Waals surface area contributed by atoms with Crippen LogP contribution in [0.1, 0.15) is 21.9 Å². The van der Waals surface area contributed by atoms with E-state index < -0.39 is 26.7 Å². The lowest BCUT2D eigenvalue weighted by Gasteiger charge is -2.33. The number of anilines is 2. The lowest BCUT2D eigenvalue weighted by molar-refractivity contribution is -0.122. The number of hydrogen-bond acceptors (Lipinski definition) is 12. The van der Waals surface area contributed by atoms with Crippen LogP contribution < -0.4 is 29.5 Å². The minimum Gasteiger partial charge on any atom is -0.494 e. The topological polar surface area (TPSA) is 150 Å². The third-order valence-electron chi connectivity index (χ3n) is 8.33. The van der Waals surface area contributed by atoms with E-state index in [1.54, 1.807) is 36.7 Å². The predicted octanol–water partition coefficient (Wildman–Crippen LogP) is 5.06. The smallest absolute Gasteiger partial charge is 0.307 e. The molecule has 1 saturated heterocycles. The SMILES string of the molecule is CN(CCOc1ccc(CC2(C(c3ccc(OCCN(C)c4ccccn4)cc3)c3sc(=O)[nH]c3O)SC(=O)NC2=O)cc1)c1ccccn1. The molecule has 2 unspecified atom stereocenters. The fourth-order valence-electron chi connectivity index (χ4n) is 5.76. The van der Waals surface area contributed by atoms with Gasteiger partial charge < -0.3 is 24.4 Å². The fraction of sp³-hybridized carbons (Fsp3) is 0.250. The highest BCUT2D eigenvalue weighted by Crippen LogP contribution is 2.51. The third kappa shape index (κ3) is 7.92. The largest absolute Gasteiger partial charge is 0.494 e. The summed E-state index contributed by atoms with van der Waals surface area (Å²) in [6.07, 6.45) is 3.61. The van der Waals surface area contributed by atoms with E-state index >= 15 is 0 Å². The maximum absolute atomic E-state index is 13.8. The van der Waals surface area contributed by atoms with E-state index in [2.05, 4.69) is 20.3 Å². The number of thiazole rings is 1. The van der Waals surface area contributed by atoms with E-state index in [1.165, 1.54) is 0 Å². The van der Waals surface area contributed by atoms with Crippen molar-refractivity contribution in [3.05, 3.63) is 123 Å². The Kier molecular flexibility index (Phi) is 10.7. The monoisotopic (exact) mass is 712 g/mol. The van der Waals surface area contributed by atoms with Crippen molar-refractivity contribution >= 4 is 45.9 Å².